The molecule has 1 heterocycles. The molecule has 6 nitrogen and oxygen atoms in total. The largest absolute Gasteiger partial charge is 0.872 e. The molecule has 0 aliphatic carbocycles. The molecule has 1 unspecified atom stereocenters. The van der Waals surface area contributed by atoms with Crippen LogP contribution >= 0.6 is 0 Å². The highest BCUT2D eigenvalue weighted by Crippen LogP contribution is 2.38. The average Bonchev–Trinajstić information content (AvgIpc) is 3.03. The van der Waals surface area contributed by atoms with E-state index in [4.69, 9.17) is 4.74 Å². The van der Waals surface area contributed by atoms with Crippen molar-refractivity contribution in [2.75, 3.05) is 33.8 Å². The van der Waals surface area contributed by atoms with E-state index in [2.05, 4.69) is 6.92 Å². The summed E-state index contributed by atoms with van der Waals surface area (Å²) in [4.78, 5) is 28.7. The molecular weight excluding hydrogens is 416 g/mol. The third-order valence-corrected chi connectivity index (χ3v) is 5.97. The Bertz CT molecular complexity index is 1040. The van der Waals surface area contributed by atoms with Gasteiger partial charge in [-0.05, 0) is 49.1 Å². The monoisotopic (exact) mass is 450 g/mol. The number of nitrogens with zero attached hydrogens (tertiary/aromatic N) is 1. The minimum Gasteiger partial charge on any atom is -0.872 e. The maximum Gasteiger partial charge on any atom is 0.295 e. The van der Waals surface area contributed by atoms with Crippen LogP contribution in [0.2, 0.25) is 0 Å². The molecule has 176 valence electrons. The quantitative estimate of drug-likeness (QED) is 0.274. The highest BCUT2D eigenvalue weighted by atomic mass is 16.5. The lowest BCUT2D eigenvalue weighted by molar-refractivity contribution is -0.857. The van der Waals surface area contributed by atoms with Crippen molar-refractivity contribution in [1.29, 1.82) is 0 Å². The maximum atomic E-state index is 13.6. The number of nitrogens with one attached hydrogen (secondary N) is 1. The molecule has 1 saturated heterocycles. The fraction of sp³-hybridized carbons (Fsp3) is 0.407. The Morgan fingerprint density at radius 3 is 2.39 bits per heavy atom. The molecule has 2 aromatic carbocycles. The first-order valence-corrected chi connectivity index (χ1v) is 11.6. The second kappa shape index (κ2) is 10.7. The molecule has 0 bridgehead atoms. The number of likely N-dealkylation sites (N-methyl/N-ethyl adjacent to an activating group) is 1. The number of Topliss-reactive ketones (excluding diaryl/α,β-unsaturated/α-hetero) is 1. The zero-order valence-corrected chi connectivity index (χ0v) is 20.2. The number of aryl methyl sites for hydroxylation is 2. The summed E-state index contributed by atoms with van der Waals surface area (Å²) < 4.78 is 5.80. The van der Waals surface area contributed by atoms with Crippen molar-refractivity contribution in [3.8, 4) is 5.75 Å². The summed E-state index contributed by atoms with van der Waals surface area (Å²) in [5, 5.41) is 13.6. The standard InChI is InChI=1S/C27H34N2O4/c1-6-7-16-33-22-13-12-21(17-19(22)3)25(30)23-24(20-10-8-18(2)9-11-20)29(15-14-28(4)5)27(32)26(23)31/h8-13,17,24,30H,6-7,14-16H2,1-5H3/b25-23+. The summed E-state index contributed by atoms with van der Waals surface area (Å²) in [6, 6.07) is 12.2. The van der Waals surface area contributed by atoms with Crippen LogP contribution in [0.5, 0.6) is 5.75 Å². The number of ether oxygens (including phenoxy) is 1. The van der Waals surface area contributed by atoms with E-state index in [1.165, 1.54) is 0 Å². The normalized spacial score (nSPS) is 17.8. The van der Waals surface area contributed by atoms with Gasteiger partial charge in [0.1, 0.15) is 5.75 Å². The van der Waals surface area contributed by atoms with E-state index < -0.39 is 23.5 Å². The van der Waals surface area contributed by atoms with Crippen LogP contribution in [0.1, 0.15) is 48.1 Å². The van der Waals surface area contributed by atoms with Crippen LogP contribution in [0.3, 0.4) is 0 Å². The topological polar surface area (TPSA) is 74.1 Å². The number of amides is 1. The van der Waals surface area contributed by atoms with Crippen molar-refractivity contribution >= 4 is 17.4 Å². The van der Waals surface area contributed by atoms with Crippen LogP contribution in [0.4, 0.5) is 0 Å². The Labute approximate surface area is 196 Å². The molecule has 6 heteroatoms. The fourth-order valence-corrected chi connectivity index (χ4v) is 3.97. The molecule has 0 saturated carbocycles. The SMILES string of the molecule is CCCCOc1ccc(/C([O-])=C2\C(=O)C(=O)N(CC[NH+](C)C)C2c2ccc(C)cc2)cc1C. The second-order valence-corrected chi connectivity index (χ2v) is 9.02. The maximum absolute atomic E-state index is 13.6. The van der Waals surface area contributed by atoms with E-state index >= 15 is 0 Å². The lowest BCUT2D eigenvalue weighted by atomic mass is 9.94. The van der Waals surface area contributed by atoms with Gasteiger partial charge in [0.25, 0.3) is 5.91 Å². The minimum absolute atomic E-state index is 0.0247. The number of hydrogen-bond acceptors (Lipinski definition) is 4. The van der Waals surface area contributed by atoms with Gasteiger partial charge in [0.15, 0.2) is 0 Å². The van der Waals surface area contributed by atoms with Gasteiger partial charge in [0.05, 0.1) is 39.8 Å². The van der Waals surface area contributed by atoms with Gasteiger partial charge in [0, 0.05) is 5.57 Å². The predicted octanol–water partition coefficient (Wildman–Crippen LogP) is 1.85. The summed E-state index contributed by atoms with van der Waals surface area (Å²) in [5.74, 6) is -0.993. The lowest BCUT2D eigenvalue weighted by Gasteiger charge is -2.28. The Hall–Kier alpha value is -3.12. The first kappa shape index (κ1) is 24.5. The smallest absolute Gasteiger partial charge is 0.295 e. The Morgan fingerprint density at radius 2 is 1.79 bits per heavy atom. The van der Waals surface area contributed by atoms with Crippen LogP contribution < -0.4 is 14.7 Å². The highest BCUT2D eigenvalue weighted by Gasteiger charge is 2.44. The molecule has 1 aliphatic rings. The van der Waals surface area contributed by atoms with Crippen molar-refractivity contribution in [3.05, 3.63) is 70.3 Å². The molecule has 33 heavy (non-hydrogen) atoms. The third kappa shape index (κ3) is 5.45. The van der Waals surface area contributed by atoms with Gasteiger partial charge in [0.2, 0.25) is 5.78 Å². The lowest BCUT2D eigenvalue weighted by Crippen LogP contribution is -3.06. The predicted molar refractivity (Wildman–Crippen MR) is 127 cm³/mol. The number of hydrogen-bond donors (Lipinski definition) is 1. The van der Waals surface area contributed by atoms with Crippen molar-refractivity contribution in [3.63, 3.8) is 0 Å². The Morgan fingerprint density at radius 1 is 1.09 bits per heavy atom. The van der Waals surface area contributed by atoms with Gasteiger partial charge in [-0.2, -0.15) is 0 Å². The fourth-order valence-electron chi connectivity index (χ4n) is 3.97. The Kier molecular flexibility index (Phi) is 7.92. The minimum atomic E-state index is -0.708. The molecule has 0 radical (unpaired) electrons. The molecule has 1 amide bonds. The summed E-state index contributed by atoms with van der Waals surface area (Å²) in [6.07, 6.45) is 1.99. The molecule has 1 aliphatic heterocycles. The van der Waals surface area contributed by atoms with E-state index in [-0.39, 0.29) is 5.57 Å². The first-order chi connectivity index (χ1) is 15.7. The molecule has 0 spiro atoms. The Balaban J connectivity index is 2.04. The molecule has 1 atom stereocenters. The highest BCUT2D eigenvalue weighted by molar-refractivity contribution is 6.46. The summed E-state index contributed by atoms with van der Waals surface area (Å²) in [5.41, 5.74) is 3.09. The van der Waals surface area contributed by atoms with Crippen molar-refractivity contribution in [1.82, 2.24) is 4.90 Å². The molecule has 1 N–H and O–H groups in total. The van der Waals surface area contributed by atoms with Crippen LogP contribution in [-0.4, -0.2) is 50.4 Å². The van der Waals surface area contributed by atoms with Crippen LogP contribution in [0.25, 0.3) is 5.76 Å². The summed E-state index contributed by atoms with van der Waals surface area (Å²) >= 11 is 0. The zero-order valence-electron chi connectivity index (χ0n) is 20.2. The van der Waals surface area contributed by atoms with Crippen LogP contribution in [0, 0.1) is 13.8 Å². The van der Waals surface area contributed by atoms with E-state index in [1.807, 2.05) is 52.2 Å². The molecule has 0 aromatic heterocycles. The first-order valence-electron chi connectivity index (χ1n) is 11.6. The number of rotatable bonds is 9. The zero-order chi connectivity index (χ0) is 24.1. The van der Waals surface area contributed by atoms with Crippen LogP contribution in [0.15, 0.2) is 48.0 Å². The van der Waals surface area contributed by atoms with Crippen LogP contribution in [-0.2, 0) is 9.59 Å². The molecule has 1 fully saturated rings. The van der Waals surface area contributed by atoms with Gasteiger partial charge in [-0.3, -0.25) is 9.59 Å². The molecular formula is C27H34N2O4. The number of carbonyl (C=O) groups is 2. The molecule has 2 aromatic rings. The van der Waals surface area contributed by atoms with Crippen molar-refractivity contribution in [2.24, 2.45) is 0 Å². The van der Waals surface area contributed by atoms with E-state index in [0.29, 0.717) is 25.3 Å². The number of carbonyl (C=O) groups excluding carboxylic acids is 2. The van der Waals surface area contributed by atoms with Crippen molar-refractivity contribution < 1.29 is 24.3 Å². The molecule has 3 rings (SSSR count). The van der Waals surface area contributed by atoms with E-state index in [0.717, 1.165) is 40.2 Å². The third-order valence-electron chi connectivity index (χ3n) is 5.97. The number of unbranched alkanes of at least 4 members (excludes halogenated alkanes) is 1. The van der Waals surface area contributed by atoms with Crippen molar-refractivity contribution in [2.45, 2.75) is 39.7 Å². The number of quaternary nitrogens is 1. The average molecular weight is 451 g/mol. The number of ketones is 1. The second-order valence-electron chi connectivity index (χ2n) is 9.02. The van der Waals surface area contributed by atoms with Gasteiger partial charge >= 0.3 is 0 Å². The van der Waals surface area contributed by atoms with E-state index in [1.54, 1.807) is 23.1 Å². The van der Waals surface area contributed by atoms with Gasteiger partial charge in [-0.25, -0.2) is 0 Å². The summed E-state index contributed by atoms with van der Waals surface area (Å²) in [6.45, 7) is 7.64. The van der Waals surface area contributed by atoms with Gasteiger partial charge in [-0.1, -0.05) is 55.0 Å². The number of likely N-dealkylation sites (tertiary alicyclic amines) is 1. The van der Waals surface area contributed by atoms with Gasteiger partial charge < -0.3 is 19.6 Å². The van der Waals surface area contributed by atoms with E-state index in [9.17, 15) is 14.7 Å². The van der Waals surface area contributed by atoms with Gasteiger partial charge in [-0.15, -0.1) is 0 Å². The number of benzene rings is 2. The summed E-state index contributed by atoms with van der Waals surface area (Å²) in [7, 11) is 3.98.